The summed E-state index contributed by atoms with van der Waals surface area (Å²) in [5.41, 5.74) is 8.53. The van der Waals surface area contributed by atoms with Crippen molar-refractivity contribution in [2.24, 2.45) is 0 Å². The van der Waals surface area contributed by atoms with Gasteiger partial charge in [0, 0.05) is 24.5 Å². The molecule has 0 amide bonds. The van der Waals surface area contributed by atoms with Gasteiger partial charge in [-0.1, -0.05) is 23.7 Å². The Hall–Kier alpha value is -1.74. The maximum atomic E-state index is 13.1. The minimum atomic E-state index is -0.391. The van der Waals surface area contributed by atoms with E-state index < -0.39 is 5.82 Å². The summed E-state index contributed by atoms with van der Waals surface area (Å²) in [5.74, 6) is -0.391. The fraction of sp³-hybridized carbons (Fsp3) is 0.200. The Morgan fingerprint density at radius 3 is 2.63 bits per heavy atom. The second-order valence-corrected chi connectivity index (χ2v) is 4.76. The topological polar surface area (TPSA) is 29.3 Å². The van der Waals surface area contributed by atoms with Gasteiger partial charge in [-0.15, -0.1) is 0 Å². The predicted octanol–water partition coefficient (Wildman–Crippen LogP) is 4.09. The summed E-state index contributed by atoms with van der Waals surface area (Å²) in [6.45, 7) is 3.56. The molecule has 0 bridgehead atoms. The minimum absolute atomic E-state index is 0.154. The third kappa shape index (κ3) is 3.38. The summed E-state index contributed by atoms with van der Waals surface area (Å²) in [5, 5.41) is 0.154. The van der Waals surface area contributed by atoms with Crippen LogP contribution in [0.15, 0.2) is 42.5 Å². The minimum Gasteiger partial charge on any atom is -0.399 e. The Kier molecular flexibility index (Phi) is 4.27. The Morgan fingerprint density at radius 2 is 2.00 bits per heavy atom. The molecule has 2 rings (SSSR count). The highest BCUT2D eigenvalue weighted by Gasteiger charge is 2.07. The summed E-state index contributed by atoms with van der Waals surface area (Å²) >= 11 is 5.80. The molecule has 4 heteroatoms. The van der Waals surface area contributed by atoms with E-state index in [2.05, 4.69) is 11.8 Å². The first-order valence-corrected chi connectivity index (χ1v) is 6.52. The smallest absolute Gasteiger partial charge is 0.141 e. The van der Waals surface area contributed by atoms with Crippen molar-refractivity contribution in [2.45, 2.75) is 13.5 Å². The fourth-order valence-electron chi connectivity index (χ4n) is 1.97. The van der Waals surface area contributed by atoms with Crippen LogP contribution in [0.4, 0.5) is 15.8 Å². The van der Waals surface area contributed by atoms with E-state index in [1.54, 1.807) is 12.1 Å². The Labute approximate surface area is 117 Å². The molecule has 0 aromatic heterocycles. The van der Waals surface area contributed by atoms with Crippen LogP contribution in [0.25, 0.3) is 0 Å². The van der Waals surface area contributed by atoms with E-state index in [-0.39, 0.29) is 5.02 Å². The summed E-state index contributed by atoms with van der Waals surface area (Å²) in [7, 11) is 0. The van der Waals surface area contributed by atoms with Gasteiger partial charge in [0.1, 0.15) is 5.82 Å². The van der Waals surface area contributed by atoms with Crippen LogP contribution in [-0.4, -0.2) is 6.54 Å². The number of halogens is 2. The molecular weight excluding hydrogens is 263 g/mol. The summed E-state index contributed by atoms with van der Waals surface area (Å²) in [6.07, 6.45) is 0. The standard InChI is InChI=1S/C15H16ClFN2/c1-2-19(13-5-3-4-12(18)9-13)10-11-6-7-15(17)14(16)8-11/h3-9H,2,10,18H2,1H3. The van der Waals surface area contributed by atoms with E-state index in [9.17, 15) is 4.39 Å². The molecule has 0 spiro atoms. The van der Waals surface area contributed by atoms with E-state index in [1.807, 2.05) is 24.3 Å². The highest BCUT2D eigenvalue weighted by atomic mass is 35.5. The number of anilines is 2. The first-order valence-electron chi connectivity index (χ1n) is 6.14. The highest BCUT2D eigenvalue weighted by molar-refractivity contribution is 6.30. The number of nitrogens with zero attached hydrogens (tertiary/aromatic N) is 1. The zero-order valence-electron chi connectivity index (χ0n) is 10.7. The molecule has 0 aliphatic carbocycles. The van der Waals surface area contributed by atoms with Crippen LogP contribution in [0.2, 0.25) is 5.02 Å². The summed E-state index contributed by atoms with van der Waals surface area (Å²) in [4.78, 5) is 2.15. The van der Waals surface area contributed by atoms with Gasteiger partial charge in [-0.05, 0) is 42.8 Å². The molecule has 0 radical (unpaired) electrons. The van der Waals surface area contributed by atoms with Gasteiger partial charge in [-0.2, -0.15) is 0 Å². The number of benzene rings is 2. The molecule has 0 fully saturated rings. The van der Waals surface area contributed by atoms with Gasteiger partial charge in [-0.25, -0.2) is 4.39 Å². The average Bonchev–Trinajstić information content (AvgIpc) is 2.40. The van der Waals surface area contributed by atoms with Crippen LogP contribution in [-0.2, 0) is 6.54 Å². The first-order chi connectivity index (χ1) is 9.10. The normalized spacial score (nSPS) is 10.5. The van der Waals surface area contributed by atoms with Gasteiger partial charge < -0.3 is 10.6 Å². The van der Waals surface area contributed by atoms with Gasteiger partial charge in [0.25, 0.3) is 0 Å². The lowest BCUT2D eigenvalue weighted by atomic mass is 10.2. The molecule has 0 atom stereocenters. The van der Waals surface area contributed by atoms with Crippen molar-refractivity contribution in [1.82, 2.24) is 0 Å². The number of rotatable bonds is 4. The molecule has 0 saturated heterocycles. The summed E-state index contributed by atoms with van der Waals surface area (Å²) < 4.78 is 13.1. The van der Waals surface area contributed by atoms with E-state index in [0.717, 1.165) is 23.5 Å². The zero-order valence-corrected chi connectivity index (χ0v) is 11.5. The fourth-order valence-corrected chi connectivity index (χ4v) is 2.17. The van der Waals surface area contributed by atoms with Crippen LogP contribution < -0.4 is 10.6 Å². The molecule has 2 nitrogen and oxygen atoms in total. The monoisotopic (exact) mass is 278 g/mol. The van der Waals surface area contributed by atoms with Crippen molar-refractivity contribution < 1.29 is 4.39 Å². The lowest BCUT2D eigenvalue weighted by Crippen LogP contribution is -2.22. The van der Waals surface area contributed by atoms with E-state index >= 15 is 0 Å². The van der Waals surface area contributed by atoms with Gasteiger partial charge in [0.2, 0.25) is 0 Å². The molecule has 0 aliphatic heterocycles. The molecule has 0 unspecified atom stereocenters. The first kappa shape index (κ1) is 13.7. The SMILES string of the molecule is CCN(Cc1ccc(F)c(Cl)c1)c1cccc(N)c1. The zero-order chi connectivity index (χ0) is 13.8. The predicted molar refractivity (Wildman–Crippen MR) is 79.0 cm³/mol. The number of nitrogens with two attached hydrogens (primary N) is 1. The van der Waals surface area contributed by atoms with Crippen molar-refractivity contribution in [3.63, 3.8) is 0 Å². The van der Waals surface area contributed by atoms with Gasteiger partial charge in [-0.3, -0.25) is 0 Å². The number of hydrogen-bond donors (Lipinski definition) is 1. The van der Waals surface area contributed by atoms with Gasteiger partial charge in [0.15, 0.2) is 0 Å². The van der Waals surface area contributed by atoms with E-state index in [1.165, 1.54) is 6.07 Å². The molecular formula is C15H16ClFN2. The third-order valence-electron chi connectivity index (χ3n) is 2.97. The molecule has 2 N–H and O–H groups in total. The molecule has 19 heavy (non-hydrogen) atoms. The van der Waals surface area contributed by atoms with Gasteiger partial charge >= 0.3 is 0 Å². The molecule has 0 heterocycles. The lowest BCUT2D eigenvalue weighted by molar-refractivity contribution is 0.627. The van der Waals surface area contributed by atoms with Crippen LogP contribution >= 0.6 is 11.6 Å². The van der Waals surface area contributed by atoms with Crippen molar-refractivity contribution in [3.05, 3.63) is 58.9 Å². The number of nitrogen functional groups attached to an aromatic ring is 1. The highest BCUT2D eigenvalue weighted by Crippen LogP contribution is 2.22. The van der Waals surface area contributed by atoms with Crippen LogP contribution in [0, 0.1) is 5.82 Å². The third-order valence-corrected chi connectivity index (χ3v) is 3.26. The second-order valence-electron chi connectivity index (χ2n) is 4.36. The number of hydrogen-bond acceptors (Lipinski definition) is 2. The van der Waals surface area contributed by atoms with Crippen LogP contribution in [0.3, 0.4) is 0 Å². The average molecular weight is 279 g/mol. The van der Waals surface area contributed by atoms with Gasteiger partial charge in [0.05, 0.1) is 5.02 Å². The molecule has 2 aromatic rings. The summed E-state index contributed by atoms with van der Waals surface area (Å²) in [6, 6.07) is 12.5. The maximum absolute atomic E-state index is 13.1. The second kappa shape index (κ2) is 5.93. The van der Waals surface area contributed by atoms with E-state index in [0.29, 0.717) is 6.54 Å². The quantitative estimate of drug-likeness (QED) is 0.854. The largest absolute Gasteiger partial charge is 0.399 e. The van der Waals surface area contributed by atoms with E-state index in [4.69, 9.17) is 17.3 Å². The Bertz CT molecular complexity index is 572. The molecule has 0 aliphatic rings. The molecule has 100 valence electrons. The van der Waals surface area contributed by atoms with Crippen molar-refractivity contribution in [1.29, 1.82) is 0 Å². The molecule has 0 saturated carbocycles. The van der Waals surface area contributed by atoms with Crippen LogP contribution in [0.5, 0.6) is 0 Å². The molecule has 2 aromatic carbocycles. The van der Waals surface area contributed by atoms with Crippen molar-refractivity contribution >= 4 is 23.0 Å². The van der Waals surface area contributed by atoms with Crippen LogP contribution in [0.1, 0.15) is 12.5 Å². The Morgan fingerprint density at radius 1 is 1.21 bits per heavy atom. The van der Waals surface area contributed by atoms with Crippen molar-refractivity contribution in [2.75, 3.05) is 17.2 Å². The lowest BCUT2D eigenvalue weighted by Gasteiger charge is -2.23. The Balaban J connectivity index is 2.21. The van der Waals surface area contributed by atoms with Crippen molar-refractivity contribution in [3.8, 4) is 0 Å². The maximum Gasteiger partial charge on any atom is 0.141 e.